The molecule has 0 bridgehead atoms. The Bertz CT molecular complexity index is 258. The number of allylic oxidation sites excluding steroid dienone is 4. The van der Waals surface area contributed by atoms with Crippen LogP contribution < -0.4 is 0 Å². The van der Waals surface area contributed by atoms with Gasteiger partial charge < -0.3 is 0 Å². The van der Waals surface area contributed by atoms with Crippen molar-refractivity contribution < 1.29 is 17.4 Å². The Morgan fingerprint density at radius 1 is 0.933 bits per heavy atom. The molecule has 1 rings (SSSR count). The molecular weight excluding hydrogens is 222 g/mol. The Hall–Kier alpha value is 0.0743. The van der Waals surface area contributed by atoms with Gasteiger partial charge in [-0.3, -0.25) is 0 Å². The monoisotopic (exact) mass is 245 g/mol. The van der Waals surface area contributed by atoms with Gasteiger partial charge in [0.25, 0.3) is 0 Å². The molecule has 0 unspecified atom stereocenters. The first-order valence-corrected chi connectivity index (χ1v) is 8.20. The predicted molar refractivity (Wildman–Crippen MR) is 62.9 cm³/mol. The van der Waals surface area contributed by atoms with Crippen LogP contribution >= 0.6 is 0 Å². The average Bonchev–Trinajstić information content (AvgIpc) is 2.55. The fourth-order valence-corrected chi connectivity index (χ4v) is 10.3. The topological polar surface area (TPSA) is 9.72 Å². The van der Waals surface area contributed by atoms with Gasteiger partial charge in [-0.15, -0.1) is 0 Å². The van der Waals surface area contributed by atoms with Gasteiger partial charge in [0.15, 0.2) is 0 Å². The van der Waals surface area contributed by atoms with Crippen molar-refractivity contribution in [1.29, 1.82) is 0 Å². The summed E-state index contributed by atoms with van der Waals surface area (Å²) >= 11 is -2.38. The van der Waals surface area contributed by atoms with E-state index in [1.54, 1.807) is 3.88 Å². The van der Waals surface area contributed by atoms with Crippen LogP contribution in [0.3, 0.4) is 0 Å². The minimum atomic E-state index is -2.38. The summed E-state index contributed by atoms with van der Waals surface area (Å²) in [5.41, 5.74) is 0. The Labute approximate surface area is 98.3 Å². The van der Waals surface area contributed by atoms with Gasteiger partial charge in [0.05, 0.1) is 0 Å². The first-order valence-electron chi connectivity index (χ1n) is 5.32. The van der Waals surface area contributed by atoms with Crippen LogP contribution in [-0.4, -0.2) is 52.4 Å². The maximum atomic E-state index is 2.44. The molecule has 0 N–H and O–H groups in total. The third kappa shape index (κ3) is 2.12. The molecule has 0 atom stereocenters. The van der Waals surface area contributed by atoms with Gasteiger partial charge in [0.2, 0.25) is 0 Å². The normalized spacial score (nSPS) is 17.0. The molecule has 1 aliphatic carbocycles. The van der Waals surface area contributed by atoms with Gasteiger partial charge in [-0.25, -0.2) is 0 Å². The Balaban J connectivity index is 3.14. The van der Waals surface area contributed by atoms with Crippen molar-refractivity contribution in [2.75, 3.05) is 42.3 Å². The van der Waals surface area contributed by atoms with Gasteiger partial charge in [-0.2, -0.15) is 0 Å². The first-order chi connectivity index (χ1) is 6.94. The summed E-state index contributed by atoms with van der Waals surface area (Å²) in [6.45, 7) is 0. The molecule has 4 heteroatoms. The minimum absolute atomic E-state index is 1.12. The molecule has 0 aliphatic heterocycles. The fraction of sp³-hybridized carbons (Fsp3) is 0.636. The van der Waals surface area contributed by atoms with Gasteiger partial charge >= 0.3 is 98.3 Å². The van der Waals surface area contributed by atoms with Crippen LogP contribution in [0, 0.1) is 0 Å². The Morgan fingerprint density at radius 3 is 1.67 bits per heavy atom. The van der Waals surface area contributed by atoms with E-state index in [-0.39, 0.29) is 0 Å². The first kappa shape index (κ1) is 13.1. The molecule has 0 spiro atoms. The van der Waals surface area contributed by atoms with Crippen LogP contribution in [0.5, 0.6) is 0 Å². The van der Waals surface area contributed by atoms with Crippen molar-refractivity contribution in [3.63, 3.8) is 0 Å². The molecule has 1 aliphatic rings. The molecule has 0 saturated heterocycles. The molecule has 15 heavy (non-hydrogen) atoms. The van der Waals surface area contributed by atoms with E-state index in [9.17, 15) is 0 Å². The predicted octanol–water partition coefficient (Wildman–Crippen LogP) is 1.41. The molecule has 0 aromatic heterocycles. The number of nitrogens with zero attached hydrogens (tertiary/aromatic N) is 3. The zero-order chi connectivity index (χ0) is 11.6. The van der Waals surface area contributed by atoms with E-state index >= 15 is 0 Å². The van der Waals surface area contributed by atoms with Gasteiger partial charge in [-0.1, -0.05) is 0 Å². The van der Waals surface area contributed by atoms with Crippen molar-refractivity contribution >= 4 is 0 Å². The maximum absolute atomic E-state index is 2.44. The molecular formula is C11H23N3Ti. The number of rotatable bonds is 4. The molecule has 86 valence electrons. The van der Waals surface area contributed by atoms with E-state index in [0.29, 0.717) is 0 Å². The van der Waals surface area contributed by atoms with Crippen LogP contribution in [0.1, 0.15) is 6.42 Å². The van der Waals surface area contributed by atoms with Crippen molar-refractivity contribution in [3.8, 4) is 0 Å². The van der Waals surface area contributed by atoms with Crippen molar-refractivity contribution in [3.05, 3.63) is 22.1 Å². The quantitative estimate of drug-likeness (QED) is 0.693. The second-order valence-electron chi connectivity index (χ2n) is 4.64. The number of hydrogen-bond acceptors (Lipinski definition) is 3. The van der Waals surface area contributed by atoms with Crippen LogP contribution in [0.4, 0.5) is 0 Å². The summed E-state index contributed by atoms with van der Waals surface area (Å²) < 4.78 is 8.94. The van der Waals surface area contributed by atoms with E-state index in [4.69, 9.17) is 0 Å². The molecule has 0 radical (unpaired) electrons. The summed E-state index contributed by atoms with van der Waals surface area (Å²) in [6.07, 6.45) is 7.87. The van der Waals surface area contributed by atoms with Crippen LogP contribution in [0.15, 0.2) is 22.1 Å². The third-order valence-corrected chi connectivity index (χ3v) is 10.8. The zero-order valence-electron chi connectivity index (χ0n) is 10.8. The van der Waals surface area contributed by atoms with Crippen molar-refractivity contribution in [2.45, 2.75) is 6.42 Å². The summed E-state index contributed by atoms with van der Waals surface area (Å²) in [4.78, 5) is 0. The average molecular weight is 245 g/mol. The second-order valence-corrected chi connectivity index (χ2v) is 11.8. The zero-order valence-corrected chi connectivity index (χ0v) is 12.3. The van der Waals surface area contributed by atoms with Crippen molar-refractivity contribution in [2.24, 2.45) is 0 Å². The SMILES string of the molecule is C[N](C)[Ti]([C]1=CC=CC1)([N](C)C)[N](C)C. The Morgan fingerprint density at radius 2 is 1.40 bits per heavy atom. The molecule has 0 aromatic carbocycles. The van der Waals surface area contributed by atoms with Gasteiger partial charge in [-0.05, 0) is 0 Å². The van der Waals surface area contributed by atoms with E-state index in [2.05, 4.69) is 70.7 Å². The summed E-state index contributed by atoms with van der Waals surface area (Å²) in [5.74, 6) is 0. The molecule has 0 heterocycles. The van der Waals surface area contributed by atoms with E-state index in [1.807, 2.05) is 0 Å². The summed E-state index contributed by atoms with van der Waals surface area (Å²) in [5, 5.41) is 0. The van der Waals surface area contributed by atoms with Crippen LogP contribution in [-0.2, 0) is 17.4 Å². The molecule has 0 fully saturated rings. The van der Waals surface area contributed by atoms with Gasteiger partial charge in [0.1, 0.15) is 0 Å². The molecule has 0 amide bonds. The summed E-state index contributed by atoms with van der Waals surface area (Å²) in [7, 11) is 13.2. The Kier molecular flexibility index (Phi) is 4.33. The van der Waals surface area contributed by atoms with Crippen LogP contribution in [0.2, 0.25) is 0 Å². The molecule has 3 nitrogen and oxygen atoms in total. The van der Waals surface area contributed by atoms with Crippen molar-refractivity contribution in [1.82, 2.24) is 10.1 Å². The number of hydrogen-bond donors (Lipinski definition) is 0. The van der Waals surface area contributed by atoms with E-state index < -0.39 is 17.4 Å². The van der Waals surface area contributed by atoms with E-state index in [1.165, 1.54) is 0 Å². The second kappa shape index (κ2) is 4.94. The fourth-order valence-electron chi connectivity index (χ4n) is 2.76. The van der Waals surface area contributed by atoms with Gasteiger partial charge in [0, 0.05) is 0 Å². The van der Waals surface area contributed by atoms with E-state index in [0.717, 1.165) is 6.42 Å². The molecule has 0 saturated carbocycles. The molecule has 0 aromatic rings. The summed E-state index contributed by atoms with van der Waals surface area (Å²) in [6, 6.07) is 0. The standard InChI is InChI=1S/C5H5.3C2H6N.Ti/c1-2-4-5-3-1;3*1-3-2;/h1-3H,4H2;3*1-2H3;/q;3*-1;+3. The van der Waals surface area contributed by atoms with Crippen LogP contribution in [0.25, 0.3) is 0 Å². The third-order valence-electron chi connectivity index (χ3n) is 3.07.